The van der Waals surface area contributed by atoms with Crippen molar-refractivity contribution in [1.29, 1.82) is 0 Å². The number of methoxy groups -OCH3 is 1. The third-order valence-electron chi connectivity index (χ3n) is 7.91. The molecule has 0 bridgehead atoms. The highest BCUT2D eigenvalue weighted by Crippen LogP contribution is 2.35. The van der Waals surface area contributed by atoms with E-state index < -0.39 is 28.5 Å². The molecule has 0 saturated heterocycles. The van der Waals surface area contributed by atoms with Crippen LogP contribution in [0.4, 0.5) is 5.69 Å². The van der Waals surface area contributed by atoms with E-state index in [2.05, 4.69) is 5.32 Å². The molecule has 2 atom stereocenters. The van der Waals surface area contributed by atoms with Gasteiger partial charge >= 0.3 is 0 Å². The number of rotatable bonds is 14. The standard InChI is InChI=1S/C36H38Cl3N3O5S/c1-5-25(3)40-36(44)33(20-26-9-7-6-8-10-26)41(22-27-13-17-30(38)31(39)19-27)35(43)23-42(32-21-28(37)14-18-34(32)47-4)48(45,46)29-15-11-24(2)12-16-29/h6-19,21,25,33H,5,20,22-23H2,1-4H3,(H,40,44)/t25-,33-/m0/s1. The molecule has 48 heavy (non-hydrogen) atoms. The van der Waals surface area contributed by atoms with E-state index in [0.29, 0.717) is 17.0 Å². The van der Waals surface area contributed by atoms with Crippen LogP contribution in [0.1, 0.15) is 37.0 Å². The lowest BCUT2D eigenvalue weighted by Gasteiger charge is -2.34. The molecular formula is C36H38Cl3N3O5S. The number of benzene rings is 4. The van der Waals surface area contributed by atoms with E-state index in [4.69, 9.17) is 39.5 Å². The fraction of sp³-hybridized carbons (Fsp3) is 0.278. The minimum Gasteiger partial charge on any atom is -0.495 e. The molecule has 0 aliphatic heterocycles. The van der Waals surface area contributed by atoms with Crippen molar-refractivity contribution in [2.45, 2.75) is 57.1 Å². The maximum absolute atomic E-state index is 14.7. The van der Waals surface area contributed by atoms with Crippen LogP contribution in [-0.2, 0) is 32.6 Å². The van der Waals surface area contributed by atoms with Crippen LogP contribution in [-0.4, -0.2) is 50.9 Å². The lowest BCUT2D eigenvalue weighted by molar-refractivity contribution is -0.140. The van der Waals surface area contributed by atoms with Crippen molar-refractivity contribution < 1.29 is 22.7 Å². The van der Waals surface area contributed by atoms with Crippen LogP contribution in [0, 0.1) is 6.92 Å². The third kappa shape index (κ3) is 9.23. The predicted octanol–water partition coefficient (Wildman–Crippen LogP) is 7.71. The Bertz CT molecular complexity index is 1840. The molecule has 1 N–H and O–H groups in total. The quantitative estimate of drug-likeness (QED) is 0.143. The van der Waals surface area contributed by atoms with Crippen LogP contribution in [0.2, 0.25) is 15.1 Å². The van der Waals surface area contributed by atoms with Gasteiger partial charge in [0.2, 0.25) is 11.8 Å². The van der Waals surface area contributed by atoms with Gasteiger partial charge in [-0.2, -0.15) is 0 Å². The average Bonchev–Trinajstić information content (AvgIpc) is 3.07. The zero-order valence-electron chi connectivity index (χ0n) is 27.1. The summed E-state index contributed by atoms with van der Waals surface area (Å²) >= 11 is 18.9. The van der Waals surface area contributed by atoms with Gasteiger partial charge in [0.25, 0.3) is 10.0 Å². The second-order valence-electron chi connectivity index (χ2n) is 11.4. The summed E-state index contributed by atoms with van der Waals surface area (Å²) in [6.07, 6.45) is 0.836. The van der Waals surface area contributed by atoms with Gasteiger partial charge in [0.05, 0.1) is 27.7 Å². The van der Waals surface area contributed by atoms with Crippen LogP contribution in [0.5, 0.6) is 5.75 Å². The first-order chi connectivity index (χ1) is 22.8. The van der Waals surface area contributed by atoms with Crippen molar-refractivity contribution >= 4 is 62.3 Å². The molecule has 254 valence electrons. The van der Waals surface area contributed by atoms with Crippen LogP contribution in [0.3, 0.4) is 0 Å². The topological polar surface area (TPSA) is 96.0 Å². The van der Waals surface area contributed by atoms with Gasteiger partial charge < -0.3 is 15.0 Å². The molecule has 0 aliphatic rings. The van der Waals surface area contributed by atoms with E-state index >= 15 is 0 Å². The molecule has 0 heterocycles. The summed E-state index contributed by atoms with van der Waals surface area (Å²) in [5.74, 6) is -0.830. The second kappa shape index (κ2) is 16.6. The van der Waals surface area contributed by atoms with Gasteiger partial charge in [0.1, 0.15) is 18.3 Å². The van der Waals surface area contributed by atoms with E-state index in [1.54, 1.807) is 36.4 Å². The molecule has 0 spiro atoms. The Morgan fingerprint density at radius 3 is 2.19 bits per heavy atom. The highest BCUT2D eigenvalue weighted by molar-refractivity contribution is 7.92. The molecule has 0 unspecified atom stereocenters. The molecule has 0 radical (unpaired) electrons. The SMILES string of the molecule is CC[C@H](C)NC(=O)[C@H](Cc1ccccc1)N(Cc1ccc(Cl)c(Cl)c1)C(=O)CN(c1cc(Cl)ccc1OC)S(=O)(=O)c1ccc(C)cc1. The number of halogens is 3. The summed E-state index contributed by atoms with van der Waals surface area (Å²) in [5, 5.41) is 3.86. The number of hydrogen-bond acceptors (Lipinski definition) is 5. The smallest absolute Gasteiger partial charge is 0.264 e. The first kappa shape index (κ1) is 37.1. The number of carbonyl (C=O) groups is 2. The molecule has 2 amide bonds. The Balaban J connectivity index is 1.87. The Kier molecular flexibility index (Phi) is 12.8. The Labute approximate surface area is 297 Å². The van der Waals surface area contributed by atoms with Crippen LogP contribution >= 0.6 is 34.8 Å². The van der Waals surface area contributed by atoms with E-state index in [9.17, 15) is 18.0 Å². The first-order valence-corrected chi connectivity index (χ1v) is 17.9. The molecule has 0 aromatic heterocycles. The van der Waals surface area contributed by atoms with Gasteiger partial charge in [-0.1, -0.05) is 95.8 Å². The lowest BCUT2D eigenvalue weighted by Crippen LogP contribution is -2.54. The summed E-state index contributed by atoms with van der Waals surface area (Å²) < 4.78 is 35.2. The summed E-state index contributed by atoms with van der Waals surface area (Å²) in [7, 11) is -2.95. The molecule has 12 heteroatoms. The van der Waals surface area contributed by atoms with Crippen LogP contribution in [0.15, 0.2) is 95.9 Å². The highest BCUT2D eigenvalue weighted by Gasteiger charge is 2.36. The summed E-state index contributed by atoms with van der Waals surface area (Å²) in [5.41, 5.74) is 2.34. The highest BCUT2D eigenvalue weighted by atomic mass is 35.5. The van der Waals surface area contributed by atoms with Gasteiger partial charge in [-0.25, -0.2) is 8.42 Å². The normalized spacial score (nSPS) is 12.6. The predicted molar refractivity (Wildman–Crippen MR) is 193 cm³/mol. The number of sulfonamides is 1. The van der Waals surface area contributed by atoms with Gasteiger partial charge in [0.15, 0.2) is 0 Å². The van der Waals surface area contributed by atoms with E-state index in [1.807, 2.05) is 51.1 Å². The number of nitrogens with zero attached hydrogens (tertiary/aromatic N) is 2. The van der Waals surface area contributed by atoms with Crippen molar-refractivity contribution in [3.8, 4) is 5.75 Å². The largest absolute Gasteiger partial charge is 0.495 e. The summed E-state index contributed by atoms with van der Waals surface area (Å²) in [6.45, 7) is 4.93. The molecule has 0 fully saturated rings. The van der Waals surface area contributed by atoms with Crippen molar-refractivity contribution in [1.82, 2.24) is 10.2 Å². The zero-order chi connectivity index (χ0) is 35.0. The molecule has 8 nitrogen and oxygen atoms in total. The molecule has 4 rings (SSSR count). The van der Waals surface area contributed by atoms with Crippen molar-refractivity contribution in [2.75, 3.05) is 18.0 Å². The zero-order valence-corrected chi connectivity index (χ0v) is 30.2. The Hall–Kier alpha value is -3.76. The van der Waals surface area contributed by atoms with Crippen LogP contribution < -0.4 is 14.4 Å². The number of hydrogen-bond donors (Lipinski definition) is 1. The number of aryl methyl sites for hydroxylation is 1. The van der Waals surface area contributed by atoms with E-state index in [1.165, 1.54) is 36.3 Å². The second-order valence-corrected chi connectivity index (χ2v) is 14.5. The van der Waals surface area contributed by atoms with E-state index in [-0.39, 0.29) is 51.3 Å². The molecule has 0 saturated carbocycles. The molecular weight excluding hydrogens is 693 g/mol. The first-order valence-electron chi connectivity index (χ1n) is 15.3. The average molecular weight is 731 g/mol. The molecule has 4 aromatic rings. The number of amides is 2. The Morgan fingerprint density at radius 2 is 1.56 bits per heavy atom. The van der Waals surface area contributed by atoms with E-state index in [0.717, 1.165) is 15.4 Å². The maximum Gasteiger partial charge on any atom is 0.264 e. The van der Waals surface area contributed by atoms with Crippen molar-refractivity contribution in [3.05, 3.63) is 123 Å². The summed E-state index contributed by atoms with van der Waals surface area (Å²) in [4.78, 5) is 30.1. The van der Waals surface area contributed by atoms with Crippen molar-refractivity contribution in [2.24, 2.45) is 0 Å². The maximum atomic E-state index is 14.7. The number of anilines is 1. The van der Waals surface area contributed by atoms with Gasteiger partial charge in [0, 0.05) is 24.0 Å². The molecule has 0 aliphatic carbocycles. The van der Waals surface area contributed by atoms with Gasteiger partial charge in [-0.15, -0.1) is 0 Å². The number of ether oxygens (including phenoxy) is 1. The monoisotopic (exact) mass is 729 g/mol. The van der Waals surface area contributed by atoms with Gasteiger partial charge in [-0.05, 0) is 73.9 Å². The van der Waals surface area contributed by atoms with Crippen LogP contribution in [0.25, 0.3) is 0 Å². The fourth-order valence-corrected chi connectivity index (χ4v) is 6.94. The van der Waals surface area contributed by atoms with Crippen molar-refractivity contribution in [3.63, 3.8) is 0 Å². The minimum absolute atomic E-state index is 0.0330. The minimum atomic E-state index is -4.35. The summed E-state index contributed by atoms with van der Waals surface area (Å²) in [6, 6.07) is 23.9. The lowest BCUT2D eigenvalue weighted by atomic mass is 10.0. The fourth-order valence-electron chi connectivity index (χ4n) is 5.04. The van der Waals surface area contributed by atoms with Gasteiger partial charge in [-0.3, -0.25) is 13.9 Å². The number of carbonyl (C=O) groups excluding carboxylic acids is 2. The third-order valence-corrected chi connectivity index (χ3v) is 10.7. The Morgan fingerprint density at radius 1 is 0.875 bits per heavy atom. The number of nitrogens with one attached hydrogen (secondary N) is 1. The molecule has 4 aromatic carbocycles.